The van der Waals surface area contributed by atoms with Crippen LogP contribution < -0.4 is 5.32 Å². The lowest BCUT2D eigenvalue weighted by Crippen LogP contribution is -2.32. The predicted octanol–water partition coefficient (Wildman–Crippen LogP) is 1.76. The molecule has 3 heteroatoms. The lowest BCUT2D eigenvalue weighted by molar-refractivity contribution is -0.122. The molecule has 0 spiro atoms. The van der Waals surface area contributed by atoms with Gasteiger partial charge in [0, 0.05) is 20.1 Å². The molecule has 0 aromatic carbocycles. The number of rotatable bonds is 4. The van der Waals surface area contributed by atoms with Crippen molar-refractivity contribution in [3.63, 3.8) is 0 Å². The maximum Gasteiger partial charge on any atom is 0.150 e. The maximum atomic E-state index is 12.2. The molecule has 0 aromatic heterocycles. The zero-order valence-corrected chi connectivity index (χ0v) is 10.7. The summed E-state index contributed by atoms with van der Waals surface area (Å²) in [7, 11) is 1.73. The van der Waals surface area contributed by atoms with Gasteiger partial charge in [0.1, 0.15) is 5.78 Å². The Morgan fingerprint density at radius 1 is 1.29 bits per heavy atom. The fourth-order valence-electron chi connectivity index (χ4n) is 4.16. The quantitative estimate of drug-likeness (QED) is 0.809. The minimum absolute atomic E-state index is 0.0686. The van der Waals surface area contributed by atoms with E-state index < -0.39 is 0 Å². The van der Waals surface area contributed by atoms with Crippen LogP contribution in [0.15, 0.2) is 0 Å². The number of carbonyl (C=O) groups is 1. The van der Waals surface area contributed by atoms with Gasteiger partial charge < -0.3 is 10.1 Å². The number of ether oxygens (including phenoxy) is 1. The number of ketones is 1. The van der Waals surface area contributed by atoms with Crippen LogP contribution in [0.25, 0.3) is 0 Å². The van der Waals surface area contributed by atoms with Gasteiger partial charge in [-0.2, -0.15) is 0 Å². The molecule has 0 radical (unpaired) electrons. The normalized spacial score (nSPS) is 44.4. The highest BCUT2D eigenvalue weighted by Gasteiger charge is 2.41. The van der Waals surface area contributed by atoms with E-state index in [1.807, 2.05) is 0 Å². The third-order valence-corrected chi connectivity index (χ3v) is 5.16. The highest BCUT2D eigenvalue weighted by atomic mass is 16.5. The number of carbonyl (C=O) groups excluding carboxylic acids is 1. The van der Waals surface area contributed by atoms with Crippen molar-refractivity contribution in [1.82, 2.24) is 5.32 Å². The number of hydrogen-bond acceptors (Lipinski definition) is 3. The largest absolute Gasteiger partial charge is 0.380 e. The van der Waals surface area contributed by atoms with Crippen LogP contribution >= 0.6 is 0 Å². The molecule has 2 bridgehead atoms. The topological polar surface area (TPSA) is 38.3 Å². The molecule has 3 rings (SSSR count). The second kappa shape index (κ2) is 4.69. The molecule has 2 saturated carbocycles. The summed E-state index contributed by atoms with van der Waals surface area (Å²) in [5, 5.41) is 3.30. The van der Waals surface area contributed by atoms with Crippen molar-refractivity contribution in [3.05, 3.63) is 0 Å². The summed E-state index contributed by atoms with van der Waals surface area (Å²) in [5.74, 6) is 2.94. The SMILES string of the molecule is COC1CNC(C(=O)CC2CC3CCC2C3)C1. The van der Waals surface area contributed by atoms with Gasteiger partial charge in [-0.3, -0.25) is 4.79 Å². The Labute approximate surface area is 103 Å². The average molecular weight is 237 g/mol. The number of methoxy groups -OCH3 is 1. The minimum Gasteiger partial charge on any atom is -0.380 e. The van der Waals surface area contributed by atoms with Crippen molar-refractivity contribution in [2.24, 2.45) is 17.8 Å². The van der Waals surface area contributed by atoms with Crippen molar-refractivity contribution in [3.8, 4) is 0 Å². The summed E-state index contributed by atoms with van der Waals surface area (Å²) >= 11 is 0. The zero-order chi connectivity index (χ0) is 11.8. The predicted molar refractivity (Wildman–Crippen MR) is 65.8 cm³/mol. The smallest absolute Gasteiger partial charge is 0.150 e. The highest BCUT2D eigenvalue weighted by molar-refractivity contribution is 5.84. The van der Waals surface area contributed by atoms with Gasteiger partial charge in [0.05, 0.1) is 12.1 Å². The van der Waals surface area contributed by atoms with Crippen LogP contribution in [0.1, 0.15) is 38.5 Å². The van der Waals surface area contributed by atoms with Crippen molar-refractivity contribution in [2.45, 2.75) is 50.7 Å². The van der Waals surface area contributed by atoms with Gasteiger partial charge in [0.15, 0.2) is 0 Å². The van der Waals surface area contributed by atoms with Crippen molar-refractivity contribution >= 4 is 5.78 Å². The van der Waals surface area contributed by atoms with E-state index in [4.69, 9.17) is 4.74 Å². The maximum absolute atomic E-state index is 12.2. The molecular formula is C14H23NO2. The molecule has 1 N–H and O–H groups in total. The Balaban J connectivity index is 1.51. The van der Waals surface area contributed by atoms with Crippen molar-refractivity contribution in [2.75, 3.05) is 13.7 Å². The Morgan fingerprint density at radius 2 is 2.18 bits per heavy atom. The van der Waals surface area contributed by atoms with Crippen LogP contribution in [0.3, 0.4) is 0 Å². The number of hydrogen-bond donors (Lipinski definition) is 1. The number of Topliss-reactive ketones (excluding diaryl/α,β-unsaturated/α-hetero) is 1. The molecular weight excluding hydrogens is 214 g/mol. The second-order valence-corrected chi connectivity index (χ2v) is 6.16. The average Bonchev–Trinajstić information content (AvgIpc) is 3.04. The third-order valence-electron chi connectivity index (χ3n) is 5.16. The molecule has 96 valence electrons. The van der Waals surface area contributed by atoms with E-state index in [-0.39, 0.29) is 12.1 Å². The molecule has 0 aromatic rings. The Bertz CT molecular complexity index is 305. The first-order valence-electron chi connectivity index (χ1n) is 7.05. The molecule has 5 unspecified atom stereocenters. The van der Waals surface area contributed by atoms with Crippen LogP contribution in [-0.4, -0.2) is 31.6 Å². The van der Waals surface area contributed by atoms with Crippen LogP contribution in [0.4, 0.5) is 0 Å². The molecule has 1 saturated heterocycles. The Hall–Kier alpha value is -0.410. The summed E-state index contributed by atoms with van der Waals surface area (Å²) in [6.45, 7) is 0.837. The van der Waals surface area contributed by atoms with Crippen LogP contribution in [0.5, 0.6) is 0 Å². The lowest BCUT2D eigenvalue weighted by atomic mass is 9.84. The van der Waals surface area contributed by atoms with Crippen LogP contribution in [-0.2, 0) is 9.53 Å². The number of fused-ring (bicyclic) bond motifs is 2. The first-order chi connectivity index (χ1) is 8.26. The van der Waals surface area contributed by atoms with E-state index in [9.17, 15) is 4.79 Å². The van der Waals surface area contributed by atoms with Gasteiger partial charge in [-0.05, 0) is 43.4 Å². The molecule has 0 amide bonds. The zero-order valence-electron chi connectivity index (χ0n) is 10.7. The molecule has 17 heavy (non-hydrogen) atoms. The Kier molecular flexibility index (Phi) is 3.22. The monoisotopic (exact) mass is 237 g/mol. The van der Waals surface area contributed by atoms with Crippen molar-refractivity contribution in [1.29, 1.82) is 0 Å². The third kappa shape index (κ3) is 2.27. The highest BCUT2D eigenvalue weighted by Crippen LogP contribution is 2.49. The molecule has 1 aliphatic heterocycles. The summed E-state index contributed by atoms with van der Waals surface area (Å²) in [5.41, 5.74) is 0. The van der Waals surface area contributed by atoms with Gasteiger partial charge >= 0.3 is 0 Å². The van der Waals surface area contributed by atoms with E-state index in [1.165, 1.54) is 25.7 Å². The first-order valence-corrected chi connectivity index (χ1v) is 7.05. The van der Waals surface area contributed by atoms with Gasteiger partial charge in [-0.1, -0.05) is 6.42 Å². The van der Waals surface area contributed by atoms with E-state index in [0.29, 0.717) is 11.7 Å². The molecule has 2 aliphatic carbocycles. The summed E-state index contributed by atoms with van der Waals surface area (Å²) in [6, 6.07) is 0.0686. The fourth-order valence-corrected chi connectivity index (χ4v) is 4.16. The number of nitrogens with one attached hydrogen (secondary N) is 1. The van der Waals surface area contributed by atoms with E-state index in [1.54, 1.807) is 7.11 Å². The lowest BCUT2D eigenvalue weighted by Gasteiger charge is -2.22. The van der Waals surface area contributed by atoms with Crippen LogP contribution in [0, 0.1) is 17.8 Å². The molecule has 3 aliphatic rings. The van der Waals surface area contributed by atoms with E-state index >= 15 is 0 Å². The second-order valence-electron chi connectivity index (χ2n) is 6.16. The van der Waals surface area contributed by atoms with Crippen molar-refractivity contribution < 1.29 is 9.53 Å². The van der Waals surface area contributed by atoms with Gasteiger partial charge in [0.25, 0.3) is 0 Å². The molecule has 3 nitrogen and oxygen atoms in total. The van der Waals surface area contributed by atoms with E-state index in [0.717, 1.165) is 31.2 Å². The summed E-state index contributed by atoms with van der Waals surface area (Å²) in [4.78, 5) is 12.2. The summed E-state index contributed by atoms with van der Waals surface area (Å²) in [6.07, 6.45) is 7.44. The molecule has 1 heterocycles. The summed E-state index contributed by atoms with van der Waals surface area (Å²) < 4.78 is 5.30. The minimum atomic E-state index is 0.0686. The molecule has 5 atom stereocenters. The van der Waals surface area contributed by atoms with Gasteiger partial charge in [-0.25, -0.2) is 0 Å². The van der Waals surface area contributed by atoms with Crippen LogP contribution in [0.2, 0.25) is 0 Å². The molecule has 3 fully saturated rings. The Morgan fingerprint density at radius 3 is 2.76 bits per heavy atom. The van der Waals surface area contributed by atoms with E-state index in [2.05, 4.69) is 5.32 Å². The fraction of sp³-hybridized carbons (Fsp3) is 0.929. The standard InChI is InChI=1S/C14H23NO2/c1-17-12-7-13(15-8-12)14(16)6-11-5-9-2-3-10(11)4-9/h9-13,15H,2-8H2,1H3. The van der Waals surface area contributed by atoms with Gasteiger partial charge in [-0.15, -0.1) is 0 Å². The first kappa shape index (κ1) is 11.7. The van der Waals surface area contributed by atoms with Gasteiger partial charge in [0.2, 0.25) is 0 Å².